The van der Waals surface area contributed by atoms with Crippen LogP contribution < -0.4 is 0 Å². The first-order valence-electron chi connectivity index (χ1n) is 5.01. The van der Waals surface area contributed by atoms with Gasteiger partial charge in [-0.05, 0) is 23.8 Å². The molecule has 18 heavy (non-hydrogen) atoms. The molecule has 0 atom stereocenters. The first-order chi connectivity index (χ1) is 8.39. The highest BCUT2D eigenvalue weighted by atomic mass is 19.4. The fourth-order valence-electron chi connectivity index (χ4n) is 1.57. The maximum Gasteiger partial charge on any atom is 0.416 e. The van der Waals surface area contributed by atoms with Gasteiger partial charge < -0.3 is 0 Å². The van der Waals surface area contributed by atoms with Crippen molar-refractivity contribution < 1.29 is 22.0 Å². The van der Waals surface area contributed by atoms with Gasteiger partial charge in [-0.3, -0.25) is 0 Å². The predicted molar refractivity (Wildman–Crippen MR) is 56.8 cm³/mol. The standard InChI is InChI=1S/C13H7F5/c14-11-3-1-2-10(12(11)15)8-4-6-9(7-5-8)13(16,17)18/h1-7H. The van der Waals surface area contributed by atoms with Crippen molar-refractivity contribution in [1.29, 1.82) is 0 Å². The van der Waals surface area contributed by atoms with E-state index in [0.29, 0.717) is 0 Å². The van der Waals surface area contributed by atoms with Gasteiger partial charge in [0.05, 0.1) is 5.56 Å². The van der Waals surface area contributed by atoms with E-state index in [1.54, 1.807) is 0 Å². The van der Waals surface area contributed by atoms with Crippen molar-refractivity contribution >= 4 is 0 Å². The number of benzene rings is 2. The normalized spacial score (nSPS) is 11.6. The molecule has 0 unspecified atom stereocenters. The summed E-state index contributed by atoms with van der Waals surface area (Å²) in [5, 5.41) is 0. The average molecular weight is 258 g/mol. The molecule has 0 aromatic heterocycles. The summed E-state index contributed by atoms with van der Waals surface area (Å²) in [4.78, 5) is 0. The van der Waals surface area contributed by atoms with Gasteiger partial charge in [0, 0.05) is 5.56 Å². The molecule has 2 rings (SSSR count). The SMILES string of the molecule is Fc1cccc(-c2ccc(C(F)(F)F)cc2)c1F. The summed E-state index contributed by atoms with van der Waals surface area (Å²) in [6.07, 6.45) is -4.45. The number of rotatable bonds is 1. The lowest BCUT2D eigenvalue weighted by Crippen LogP contribution is -2.04. The first-order valence-corrected chi connectivity index (χ1v) is 5.01. The van der Waals surface area contributed by atoms with E-state index in [4.69, 9.17) is 0 Å². The van der Waals surface area contributed by atoms with Crippen LogP contribution in [0.25, 0.3) is 11.1 Å². The van der Waals surface area contributed by atoms with Crippen LogP contribution >= 0.6 is 0 Å². The number of halogens is 5. The van der Waals surface area contributed by atoms with E-state index in [9.17, 15) is 22.0 Å². The minimum atomic E-state index is -4.45. The Labute approximate surface area is 99.7 Å². The molecule has 0 aliphatic carbocycles. The highest BCUT2D eigenvalue weighted by molar-refractivity contribution is 5.64. The van der Waals surface area contributed by atoms with Crippen LogP contribution in [0.2, 0.25) is 0 Å². The fourth-order valence-corrected chi connectivity index (χ4v) is 1.57. The number of hydrogen-bond acceptors (Lipinski definition) is 0. The molecule has 0 spiro atoms. The van der Waals surface area contributed by atoms with Gasteiger partial charge in [0.1, 0.15) is 0 Å². The van der Waals surface area contributed by atoms with E-state index >= 15 is 0 Å². The lowest BCUT2D eigenvalue weighted by molar-refractivity contribution is -0.137. The maximum atomic E-state index is 13.4. The molecule has 94 valence electrons. The third kappa shape index (κ3) is 2.34. The van der Waals surface area contributed by atoms with Crippen molar-refractivity contribution in [2.45, 2.75) is 6.18 Å². The summed E-state index contributed by atoms with van der Waals surface area (Å²) in [6.45, 7) is 0. The Morgan fingerprint density at radius 1 is 0.778 bits per heavy atom. The van der Waals surface area contributed by atoms with Crippen molar-refractivity contribution in [3.8, 4) is 11.1 Å². The Morgan fingerprint density at radius 3 is 1.94 bits per heavy atom. The second kappa shape index (κ2) is 4.40. The molecule has 0 aliphatic heterocycles. The third-order valence-electron chi connectivity index (χ3n) is 2.47. The summed E-state index contributed by atoms with van der Waals surface area (Å²) in [5.74, 6) is -2.11. The van der Waals surface area contributed by atoms with Crippen molar-refractivity contribution in [2.75, 3.05) is 0 Å². The van der Waals surface area contributed by atoms with Crippen molar-refractivity contribution in [3.63, 3.8) is 0 Å². The Bertz CT molecular complexity index is 555. The largest absolute Gasteiger partial charge is 0.416 e. The lowest BCUT2D eigenvalue weighted by Gasteiger charge is -2.08. The minimum Gasteiger partial charge on any atom is -0.204 e. The zero-order valence-electron chi connectivity index (χ0n) is 8.93. The first kappa shape index (κ1) is 12.5. The van der Waals surface area contributed by atoms with E-state index in [1.165, 1.54) is 12.1 Å². The lowest BCUT2D eigenvalue weighted by atomic mass is 10.0. The Kier molecular flexibility index (Phi) is 3.07. The van der Waals surface area contributed by atoms with Crippen molar-refractivity contribution in [3.05, 3.63) is 59.7 Å². The second-order valence-electron chi connectivity index (χ2n) is 3.68. The summed E-state index contributed by atoms with van der Waals surface area (Å²) in [6, 6.07) is 7.44. The summed E-state index contributed by atoms with van der Waals surface area (Å²) < 4.78 is 63.4. The molecule has 0 fully saturated rings. The van der Waals surface area contributed by atoms with Crippen molar-refractivity contribution in [2.24, 2.45) is 0 Å². The molecule has 0 nitrogen and oxygen atoms in total. The second-order valence-corrected chi connectivity index (χ2v) is 3.68. The molecule has 2 aromatic rings. The molecule has 0 heterocycles. The smallest absolute Gasteiger partial charge is 0.204 e. The molecule has 0 bridgehead atoms. The van der Waals surface area contributed by atoms with Crippen LogP contribution in [0.4, 0.5) is 22.0 Å². The van der Waals surface area contributed by atoms with Crippen LogP contribution in [0, 0.1) is 11.6 Å². The van der Waals surface area contributed by atoms with E-state index in [0.717, 1.165) is 30.3 Å². The fraction of sp³-hybridized carbons (Fsp3) is 0.0769. The van der Waals surface area contributed by atoms with Gasteiger partial charge in [-0.25, -0.2) is 8.78 Å². The number of alkyl halides is 3. The maximum absolute atomic E-state index is 13.4. The molecular formula is C13H7F5. The minimum absolute atomic E-state index is 0.0660. The van der Waals surface area contributed by atoms with Crippen LogP contribution in [0.5, 0.6) is 0 Å². The van der Waals surface area contributed by atoms with Crippen LogP contribution in [0.1, 0.15) is 5.56 Å². The Balaban J connectivity index is 2.44. The van der Waals surface area contributed by atoms with Crippen LogP contribution in [0.3, 0.4) is 0 Å². The predicted octanol–water partition coefficient (Wildman–Crippen LogP) is 4.65. The highest BCUT2D eigenvalue weighted by Gasteiger charge is 2.30. The zero-order chi connectivity index (χ0) is 13.3. The van der Waals surface area contributed by atoms with Gasteiger partial charge in [-0.2, -0.15) is 13.2 Å². The molecule has 0 saturated heterocycles. The molecule has 0 saturated carbocycles. The third-order valence-corrected chi connectivity index (χ3v) is 2.47. The van der Waals surface area contributed by atoms with Gasteiger partial charge >= 0.3 is 6.18 Å². The molecule has 2 aromatic carbocycles. The summed E-state index contributed by atoms with van der Waals surface area (Å²) in [7, 11) is 0. The van der Waals surface area contributed by atoms with Gasteiger partial charge in [0.15, 0.2) is 11.6 Å². The monoisotopic (exact) mass is 258 g/mol. The molecule has 5 heteroatoms. The van der Waals surface area contributed by atoms with E-state index < -0.39 is 23.4 Å². The van der Waals surface area contributed by atoms with E-state index in [1.807, 2.05) is 0 Å². The van der Waals surface area contributed by atoms with E-state index in [2.05, 4.69) is 0 Å². The van der Waals surface area contributed by atoms with Crippen LogP contribution in [-0.4, -0.2) is 0 Å². The highest BCUT2D eigenvalue weighted by Crippen LogP contribution is 2.31. The Morgan fingerprint density at radius 2 is 1.39 bits per heavy atom. The Hall–Kier alpha value is -1.91. The molecule has 0 radical (unpaired) electrons. The van der Waals surface area contributed by atoms with Crippen LogP contribution in [-0.2, 0) is 6.18 Å². The quantitative estimate of drug-likeness (QED) is 0.653. The average Bonchev–Trinajstić information content (AvgIpc) is 2.32. The van der Waals surface area contributed by atoms with Gasteiger partial charge in [-0.15, -0.1) is 0 Å². The molecule has 0 N–H and O–H groups in total. The topological polar surface area (TPSA) is 0 Å². The zero-order valence-corrected chi connectivity index (χ0v) is 8.93. The van der Waals surface area contributed by atoms with Gasteiger partial charge in [0.25, 0.3) is 0 Å². The van der Waals surface area contributed by atoms with Crippen LogP contribution in [0.15, 0.2) is 42.5 Å². The molecule has 0 amide bonds. The van der Waals surface area contributed by atoms with Gasteiger partial charge in [0.2, 0.25) is 0 Å². The number of hydrogen-bond donors (Lipinski definition) is 0. The van der Waals surface area contributed by atoms with E-state index in [-0.39, 0.29) is 11.1 Å². The summed E-state index contributed by atoms with van der Waals surface area (Å²) >= 11 is 0. The molecule has 0 aliphatic rings. The summed E-state index contributed by atoms with van der Waals surface area (Å²) in [5.41, 5.74) is -0.702. The molecular weight excluding hydrogens is 251 g/mol. The van der Waals surface area contributed by atoms with Gasteiger partial charge in [-0.1, -0.05) is 24.3 Å². The van der Waals surface area contributed by atoms with Crippen molar-refractivity contribution in [1.82, 2.24) is 0 Å².